The first kappa shape index (κ1) is 18.7. The molecule has 2 unspecified atom stereocenters. The van der Waals surface area contributed by atoms with Gasteiger partial charge in [-0.15, -0.1) is 0 Å². The van der Waals surface area contributed by atoms with Crippen LogP contribution in [-0.2, 0) is 19.6 Å². The van der Waals surface area contributed by atoms with Gasteiger partial charge in [-0.1, -0.05) is 6.92 Å². The van der Waals surface area contributed by atoms with Crippen molar-refractivity contribution >= 4 is 16.0 Å². The summed E-state index contributed by atoms with van der Waals surface area (Å²) < 4.78 is 37.1. The molecule has 0 radical (unpaired) electrons. The van der Waals surface area contributed by atoms with Crippen molar-refractivity contribution in [2.45, 2.75) is 18.2 Å². The lowest BCUT2D eigenvalue weighted by molar-refractivity contribution is -0.143. The molecule has 0 aromatic heterocycles. The maximum Gasteiger partial charge on any atom is 0.307 e. The van der Waals surface area contributed by atoms with Crippen molar-refractivity contribution in [3.63, 3.8) is 0 Å². The van der Waals surface area contributed by atoms with Crippen molar-refractivity contribution in [2.75, 3.05) is 33.4 Å². The molecule has 2 atom stereocenters. The molecule has 8 heteroatoms. The van der Waals surface area contributed by atoms with Crippen molar-refractivity contribution in [1.82, 2.24) is 4.31 Å². The van der Waals surface area contributed by atoms with Crippen LogP contribution in [0.3, 0.4) is 0 Å². The molecule has 0 aliphatic carbocycles. The Balaban J connectivity index is 2.12. The molecule has 24 heavy (non-hydrogen) atoms. The van der Waals surface area contributed by atoms with Crippen LogP contribution in [-0.4, -0.2) is 57.2 Å². The number of hydrogen-bond acceptors (Lipinski definition) is 5. The van der Waals surface area contributed by atoms with E-state index in [0.29, 0.717) is 31.9 Å². The predicted molar refractivity (Wildman–Crippen MR) is 87.5 cm³/mol. The van der Waals surface area contributed by atoms with Gasteiger partial charge in [-0.2, -0.15) is 4.31 Å². The van der Waals surface area contributed by atoms with Gasteiger partial charge in [0.15, 0.2) is 0 Å². The lowest BCUT2D eigenvalue weighted by atomic mass is 9.92. The van der Waals surface area contributed by atoms with Crippen LogP contribution in [0.4, 0.5) is 0 Å². The number of hydrogen-bond donors (Lipinski definition) is 1. The minimum absolute atomic E-state index is 0.00581. The first-order chi connectivity index (χ1) is 11.3. The number of carboxylic acid groups (broad SMARTS) is 1. The number of rotatable bonds is 7. The van der Waals surface area contributed by atoms with Crippen LogP contribution in [0.15, 0.2) is 29.2 Å². The van der Waals surface area contributed by atoms with Crippen LogP contribution in [0.25, 0.3) is 0 Å². The monoisotopic (exact) mass is 357 g/mol. The third kappa shape index (κ3) is 4.46. The predicted octanol–water partition coefficient (Wildman–Crippen LogP) is 1.44. The van der Waals surface area contributed by atoms with Gasteiger partial charge in [0.2, 0.25) is 10.0 Å². The number of benzene rings is 1. The first-order valence-electron chi connectivity index (χ1n) is 7.79. The van der Waals surface area contributed by atoms with Crippen LogP contribution in [0, 0.1) is 11.8 Å². The summed E-state index contributed by atoms with van der Waals surface area (Å²) in [6.45, 7) is 3.03. The second-order valence-corrected chi connectivity index (χ2v) is 7.95. The fourth-order valence-electron chi connectivity index (χ4n) is 2.78. The Labute approximate surface area is 142 Å². The minimum atomic E-state index is -3.71. The summed E-state index contributed by atoms with van der Waals surface area (Å²) >= 11 is 0. The SMILES string of the molecule is COCCOc1ccc(S(=O)(=O)N2CC(C)CC(C(=O)O)C2)cc1. The number of nitrogens with zero attached hydrogens (tertiary/aromatic N) is 1. The van der Waals surface area contributed by atoms with E-state index in [9.17, 15) is 18.3 Å². The zero-order valence-electron chi connectivity index (χ0n) is 13.8. The molecule has 0 amide bonds. The average Bonchev–Trinajstić information content (AvgIpc) is 2.55. The normalized spacial score (nSPS) is 22.2. The van der Waals surface area contributed by atoms with Gasteiger partial charge in [0.05, 0.1) is 17.4 Å². The van der Waals surface area contributed by atoms with Gasteiger partial charge in [0.1, 0.15) is 12.4 Å². The molecule has 0 saturated carbocycles. The molecule has 1 aromatic rings. The standard InChI is InChI=1S/C16H23NO6S/c1-12-9-13(16(18)19)11-17(10-12)24(20,21)15-5-3-14(4-6-15)23-8-7-22-2/h3-6,12-13H,7-11H2,1-2H3,(H,18,19). The number of aliphatic carboxylic acids is 1. The molecular formula is C16H23NO6S. The van der Waals surface area contributed by atoms with Crippen molar-refractivity contribution in [2.24, 2.45) is 11.8 Å². The molecule has 2 rings (SSSR count). The largest absolute Gasteiger partial charge is 0.491 e. The van der Waals surface area contributed by atoms with Crippen molar-refractivity contribution in [3.05, 3.63) is 24.3 Å². The van der Waals surface area contributed by atoms with Crippen LogP contribution in [0.1, 0.15) is 13.3 Å². The third-order valence-electron chi connectivity index (χ3n) is 3.99. The van der Waals surface area contributed by atoms with Gasteiger partial charge in [-0.3, -0.25) is 4.79 Å². The van der Waals surface area contributed by atoms with Crippen molar-refractivity contribution in [3.8, 4) is 5.75 Å². The number of carboxylic acids is 1. The van der Waals surface area contributed by atoms with Gasteiger partial charge < -0.3 is 14.6 Å². The Bertz CT molecular complexity index is 658. The second kappa shape index (κ2) is 7.96. The van der Waals surface area contributed by atoms with E-state index >= 15 is 0 Å². The van der Waals surface area contributed by atoms with E-state index in [2.05, 4.69) is 0 Å². The number of piperidine rings is 1. The lowest BCUT2D eigenvalue weighted by Crippen LogP contribution is -2.45. The van der Waals surface area contributed by atoms with E-state index in [0.717, 1.165) is 0 Å². The minimum Gasteiger partial charge on any atom is -0.491 e. The maximum atomic E-state index is 12.7. The summed E-state index contributed by atoms with van der Waals surface area (Å²) in [7, 11) is -2.14. The van der Waals surface area contributed by atoms with Crippen molar-refractivity contribution < 1.29 is 27.8 Å². The highest BCUT2D eigenvalue weighted by atomic mass is 32.2. The van der Waals surface area contributed by atoms with Gasteiger partial charge >= 0.3 is 5.97 Å². The van der Waals surface area contributed by atoms with E-state index in [-0.39, 0.29) is 17.4 Å². The molecule has 7 nitrogen and oxygen atoms in total. The summed E-state index contributed by atoms with van der Waals surface area (Å²) in [6, 6.07) is 6.13. The van der Waals surface area contributed by atoms with Crippen LogP contribution >= 0.6 is 0 Å². The van der Waals surface area contributed by atoms with Gasteiger partial charge in [0, 0.05) is 20.2 Å². The first-order valence-corrected chi connectivity index (χ1v) is 9.23. The van der Waals surface area contributed by atoms with Gasteiger partial charge in [-0.25, -0.2) is 8.42 Å². The highest BCUT2D eigenvalue weighted by Crippen LogP contribution is 2.28. The summed E-state index contributed by atoms with van der Waals surface area (Å²) in [5.41, 5.74) is 0. The smallest absolute Gasteiger partial charge is 0.307 e. The van der Waals surface area contributed by atoms with Crippen LogP contribution in [0.5, 0.6) is 5.75 Å². The topological polar surface area (TPSA) is 93.1 Å². The second-order valence-electron chi connectivity index (χ2n) is 6.01. The number of methoxy groups -OCH3 is 1. The molecule has 1 aliphatic rings. The van der Waals surface area contributed by atoms with E-state index in [4.69, 9.17) is 9.47 Å². The molecule has 1 N–H and O–H groups in total. The van der Waals surface area contributed by atoms with E-state index < -0.39 is 21.9 Å². The van der Waals surface area contributed by atoms with E-state index in [1.165, 1.54) is 16.4 Å². The molecule has 134 valence electrons. The lowest BCUT2D eigenvalue weighted by Gasteiger charge is -2.33. The average molecular weight is 357 g/mol. The summed E-state index contributed by atoms with van der Waals surface area (Å²) in [4.78, 5) is 11.4. The maximum absolute atomic E-state index is 12.7. The molecule has 1 fully saturated rings. The van der Waals surface area contributed by atoms with E-state index in [1.54, 1.807) is 19.2 Å². The Morgan fingerprint density at radius 1 is 1.25 bits per heavy atom. The Morgan fingerprint density at radius 3 is 2.50 bits per heavy atom. The third-order valence-corrected chi connectivity index (χ3v) is 5.84. The quantitative estimate of drug-likeness (QED) is 0.742. The van der Waals surface area contributed by atoms with Crippen LogP contribution in [0.2, 0.25) is 0 Å². The molecule has 1 aliphatic heterocycles. The van der Waals surface area contributed by atoms with Gasteiger partial charge in [0.25, 0.3) is 0 Å². The Kier molecular flexibility index (Phi) is 6.20. The fraction of sp³-hybridized carbons (Fsp3) is 0.562. The molecule has 0 bridgehead atoms. The fourth-order valence-corrected chi connectivity index (χ4v) is 4.38. The molecule has 0 spiro atoms. The highest BCUT2D eigenvalue weighted by molar-refractivity contribution is 7.89. The van der Waals surface area contributed by atoms with Crippen LogP contribution < -0.4 is 4.74 Å². The summed E-state index contributed by atoms with van der Waals surface area (Å²) in [6.07, 6.45) is 0.494. The number of sulfonamides is 1. The van der Waals surface area contributed by atoms with E-state index in [1.807, 2.05) is 6.92 Å². The van der Waals surface area contributed by atoms with Gasteiger partial charge in [-0.05, 0) is 36.6 Å². The Morgan fingerprint density at radius 2 is 1.92 bits per heavy atom. The molecule has 1 aromatic carbocycles. The zero-order valence-corrected chi connectivity index (χ0v) is 14.7. The van der Waals surface area contributed by atoms with Crippen molar-refractivity contribution in [1.29, 1.82) is 0 Å². The zero-order chi connectivity index (χ0) is 17.7. The Hall–Kier alpha value is -1.64. The summed E-state index contributed by atoms with van der Waals surface area (Å²) in [5, 5.41) is 9.20. The molecule has 1 saturated heterocycles. The highest BCUT2D eigenvalue weighted by Gasteiger charge is 2.36. The number of ether oxygens (including phenoxy) is 2. The molecular weight excluding hydrogens is 334 g/mol. The number of carbonyl (C=O) groups is 1. The summed E-state index contributed by atoms with van der Waals surface area (Å²) in [5.74, 6) is -1.06. The molecule has 1 heterocycles.